The van der Waals surface area contributed by atoms with Crippen LogP contribution in [0.25, 0.3) is 0 Å². The maximum atomic E-state index is 12.2. The van der Waals surface area contributed by atoms with Crippen molar-refractivity contribution in [3.05, 3.63) is 30.3 Å². The smallest absolute Gasteiger partial charge is 0.233 e. The van der Waals surface area contributed by atoms with E-state index >= 15 is 0 Å². The summed E-state index contributed by atoms with van der Waals surface area (Å²) in [6.45, 7) is 2.91. The predicted molar refractivity (Wildman–Crippen MR) is 70.4 cm³/mol. The van der Waals surface area contributed by atoms with Gasteiger partial charge in [0.1, 0.15) is 0 Å². The number of hydrogen-bond donors (Lipinski definition) is 0. The average molecular weight is 315 g/mol. The quantitative estimate of drug-likeness (QED) is 0.607. The molecule has 1 aliphatic heterocycles. The second-order valence-corrected chi connectivity index (χ2v) is 5.00. The summed E-state index contributed by atoms with van der Waals surface area (Å²) in [5.74, 6) is 0.267. The fourth-order valence-electron chi connectivity index (χ4n) is 1.87. The zero-order valence-electron chi connectivity index (χ0n) is 8.74. The van der Waals surface area contributed by atoms with Crippen molar-refractivity contribution in [1.82, 2.24) is 0 Å². The Morgan fingerprint density at radius 1 is 1.40 bits per heavy atom. The van der Waals surface area contributed by atoms with Crippen LogP contribution >= 0.6 is 22.6 Å². The Hall–Kier alpha value is -0.580. The van der Waals surface area contributed by atoms with E-state index in [1.165, 1.54) is 0 Å². The molecule has 15 heavy (non-hydrogen) atoms. The first-order valence-electron chi connectivity index (χ1n) is 5.10. The fourth-order valence-corrected chi connectivity index (χ4v) is 2.58. The van der Waals surface area contributed by atoms with Gasteiger partial charge in [-0.15, -0.1) is 0 Å². The molecule has 0 unspecified atom stereocenters. The minimum absolute atomic E-state index is 0.156. The van der Waals surface area contributed by atoms with Crippen LogP contribution in [0.5, 0.6) is 0 Å². The summed E-state index contributed by atoms with van der Waals surface area (Å²) in [5.41, 5.74) is 0.868. The number of carbonyl (C=O) groups is 1. The lowest BCUT2D eigenvalue weighted by molar-refractivity contribution is -0.123. The number of amides is 1. The Kier molecular flexibility index (Phi) is 3.00. The van der Waals surface area contributed by atoms with Crippen LogP contribution in [-0.2, 0) is 4.79 Å². The van der Waals surface area contributed by atoms with Gasteiger partial charge in [-0.2, -0.15) is 0 Å². The van der Waals surface area contributed by atoms with Crippen LogP contribution in [-0.4, -0.2) is 16.9 Å². The first-order chi connectivity index (χ1) is 7.17. The van der Waals surface area contributed by atoms with Gasteiger partial charge < -0.3 is 4.90 Å². The van der Waals surface area contributed by atoms with Crippen molar-refractivity contribution in [3.63, 3.8) is 0 Å². The SMILES string of the molecule is C[C@]1(CI)CCN(c2ccccc2)C1=O. The van der Waals surface area contributed by atoms with Gasteiger partial charge in [-0.05, 0) is 25.5 Å². The van der Waals surface area contributed by atoms with E-state index in [4.69, 9.17) is 0 Å². The predicted octanol–water partition coefficient (Wildman–Crippen LogP) is 2.86. The van der Waals surface area contributed by atoms with Gasteiger partial charge in [-0.3, -0.25) is 4.79 Å². The molecular formula is C12H14INO. The fraction of sp³-hybridized carbons (Fsp3) is 0.417. The monoisotopic (exact) mass is 315 g/mol. The third kappa shape index (κ3) is 1.89. The second-order valence-electron chi connectivity index (χ2n) is 4.24. The highest BCUT2D eigenvalue weighted by atomic mass is 127. The third-order valence-electron chi connectivity index (χ3n) is 3.01. The third-order valence-corrected chi connectivity index (χ3v) is 4.70. The van der Waals surface area contributed by atoms with Crippen molar-refractivity contribution < 1.29 is 4.79 Å². The number of benzene rings is 1. The van der Waals surface area contributed by atoms with Gasteiger partial charge in [0.25, 0.3) is 0 Å². The van der Waals surface area contributed by atoms with Crippen LogP contribution < -0.4 is 4.90 Å². The van der Waals surface area contributed by atoms with E-state index in [2.05, 4.69) is 29.5 Å². The molecule has 0 saturated carbocycles. The molecule has 1 atom stereocenters. The Morgan fingerprint density at radius 2 is 2.07 bits per heavy atom. The number of para-hydroxylation sites is 1. The standard InChI is InChI=1S/C12H14INO/c1-12(9-13)7-8-14(11(12)15)10-5-3-2-4-6-10/h2-6H,7-9H2,1H3/t12-/m1/s1. The van der Waals surface area contributed by atoms with E-state index in [1.807, 2.05) is 35.2 Å². The molecule has 0 N–H and O–H groups in total. The molecule has 0 radical (unpaired) electrons. The summed E-state index contributed by atoms with van der Waals surface area (Å²) < 4.78 is 0.896. The van der Waals surface area contributed by atoms with Gasteiger partial charge in [0.05, 0.1) is 5.41 Å². The lowest BCUT2D eigenvalue weighted by atomic mass is 9.92. The summed E-state index contributed by atoms with van der Waals surface area (Å²) in [7, 11) is 0. The van der Waals surface area contributed by atoms with Crippen molar-refractivity contribution in [2.75, 3.05) is 15.9 Å². The van der Waals surface area contributed by atoms with Crippen molar-refractivity contribution in [3.8, 4) is 0 Å². The summed E-state index contributed by atoms with van der Waals surface area (Å²) in [5, 5.41) is 0. The largest absolute Gasteiger partial charge is 0.312 e. The summed E-state index contributed by atoms with van der Waals surface area (Å²) in [4.78, 5) is 14.1. The number of alkyl halides is 1. The zero-order chi connectivity index (χ0) is 10.9. The molecular weight excluding hydrogens is 301 g/mol. The van der Waals surface area contributed by atoms with Crippen molar-refractivity contribution in [2.24, 2.45) is 5.41 Å². The molecule has 1 aromatic rings. The average Bonchev–Trinajstić information content (AvgIpc) is 2.58. The molecule has 1 aliphatic rings. The number of carbonyl (C=O) groups excluding carboxylic acids is 1. The number of rotatable bonds is 2. The summed E-state index contributed by atoms with van der Waals surface area (Å²) in [6.07, 6.45) is 0.962. The molecule has 2 nitrogen and oxygen atoms in total. The zero-order valence-corrected chi connectivity index (χ0v) is 10.9. The molecule has 0 aliphatic carbocycles. The lowest BCUT2D eigenvalue weighted by Crippen LogP contribution is -2.33. The summed E-state index contributed by atoms with van der Waals surface area (Å²) in [6, 6.07) is 9.92. The highest BCUT2D eigenvalue weighted by Gasteiger charge is 2.42. The molecule has 0 aromatic heterocycles. The Morgan fingerprint density at radius 3 is 2.60 bits per heavy atom. The molecule has 0 spiro atoms. The van der Waals surface area contributed by atoms with Crippen molar-refractivity contribution in [1.29, 1.82) is 0 Å². The second kappa shape index (κ2) is 4.12. The minimum Gasteiger partial charge on any atom is -0.312 e. The van der Waals surface area contributed by atoms with Crippen LogP contribution in [0.4, 0.5) is 5.69 Å². The maximum Gasteiger partial charge on any atom is 0.233 e. The Balaban J connectivity index is 2.25. The number of halogens is 1. The number of nitrogens with zero attached hydrogens (tertiary/aromatic N) is 1. The highest BCUT2D eigenvalue weighted by Crippen LogP contribution is 2.35. The van der Waals surface area contributed by atoms with Crippen LogP contribution in [0, 0.1) is 5.41 Å². The Labute approximate surface area is 104 Å². The van der Waals surface area contributed by atoms with E-state index in [0.29, 0.717) is 0 Å². The molecule has 1 aromatic carbocycles. The number of anilines is 1. The molecule has 1 fully saturated rings. The van der Waals surface area contributed by atoms with Crippen LogP contribution in [0.1, 0.15) is 13.3 Å². The van der Waals surface area contributed by atoms with Gasteiger partial charge in [-0.1, -0.05) is 40.8 Å². The Bertz CT molecular complexity index is 365. The van der Waals surface area contributed by atoms with E-state index < -0.39 is 0 Å². The molecule has 1 amide bonds. The van der Waals surface area contributed by atoms with Crippen molar-refractivity contribution in [2.45, 2.75) is 13.3 Å². The van der Waals surface area contributed by atoms with Gasteiger partial charge in [0.15, 0.2) is 0 Å². The van der Waals surface area contributed by atoms with Gasteiger partial charge in [0, 0.05) is 16.7 Å². The van der Waals surface area contributed by atoms with Gasteiger partial charge in [-0.25, -0.2) is 0 Å². The lowest BCUT2D eigenvalue weighted by Gasteiger charge is -2.21. The minimum atomic E-state index is -0.156. The normalized spacial score (nSPS) is 26.0. The first-order valence-corrected chi connectivity index (χ1v) is 6.63. The summed E-state index contributed by atoms with van der Waals surface area (Å²) >= 11 is 2.30. The van der Waals surface area contributed by atoms with Gasteiger partial charge in [0.2, 0.25) is 5.91 Å². The molecule has 1 heterocycles. The van der Waals surface area contributed by atoms with Gasteiger partial charge >= 0.3 is 0 Å². The first kappa shape index (κ1) is 10.9. The topological polar surface area (TPSA) is 20.3 Å². The van der Waals surface area contributed by atoms with E-state index in [9.17, 15) is 4.79 Å². The molecule has 80 valence electrons. The molecule has 3 heteroatoms. The molecule has 0 bridgehead atoms. The van der Waals surface area contributed by atoms with E-state index in [-0.39, 0.29) is 11.3 Å². The molecule has 1 saturated heterocycles. The van der Waals surface area contributed by atoms with E-state index in [1.54, 1.807) is 0 Å². The van der Waals surface area contributed by atoms with Crippen LogP contribution in [0.2, 0.25) is 0 Å². The van der Waals surface area contributed by atoms with Crippen molar-refractivity contribution >= 4 is 34.2 Å². The van der Waals surface area contributed by atoms with Crippen LogP contribution in [0.3, 0.4) is 0 Å². The highest BCUT2D eigenvalue weighted by molar-refractivity contribution is 14.1. The number of hydrogen-bond acceptors (Lipinski definition) is 1. The molecule has 2 rings (SSSR count). The van der Waals surface area contributed by atoms with Crippen LogP contribution in [0.15, 0.2) is 30.3 Å². The maximum absolute atomic E-state index is 12.2. The van der Waals surface area contributed by atoms with E-state index in [0.717, 1.165) is 23.1 Å².